The quantitative estimate of drug-likeness (QED) is 0.735. The standard InChI is InChI=1S/C10H16ClNS/c1-12(2)9-5-7-10(8-6-9)13(3,4)11/h5-8H,1-4H3. The number of rotatable bonds is 2. The summed E-state index contributed by atoms with van der Waals surface area (Å²) in [7, 11) is 9.24. The van der Waals surface area contributed by atoms with Gasteiger partial charge in [0.1, 0.15) is 0 Å². The van der Waals surface area contributed by atoms with Crippen molar-refractivity contribution in [2.75, 3.05) is 31.5 Å². The van der Waals surface area contributed by atoms with Crippen LogP contribution in [0.15, 0.2) is 29.2 Å². The molecule has 0 aliphatic heterocycles. The number of halogens is 1. The van der Waals surface area contributed by atoms with E-state index in [0.717, 1.165) is 0 Å². The fraction of sp³-hybridized carbons (Fsp3) is 0.400. The molecule has 1 nitrogen and oxygen atoms in total. The molecule has 0 radical (unpaired) electrons. The first-order valence-electron chi connectivity index (χ1n) is 4.11. The largest absolute Gasteiger partial charge is 0.378 e. The molecule has 0 spiro atoms. The SMILES string of the molecule is CN(C)c1ccc(S(C)(C)Cl)cc1. The highest BCUT2D eigenvalue weighted by Crippen LogP contribution is 2.53. The molecule has 1 aromatic rings. The Morgan fingerprint density at radius 3 is 1.85 bits per heavy atom. The molecule has 1 aromatic carbocycles. The molecule has 0 amide bonds. The van der Waals surface area contributed by atoms with Crippen LogP contribution in [0, 0.1) is 0 Å². The summed E-state index contributed by atoms with van der Waals surface area (Å²) in [6.45, 7) is 0. The molecule has 0 unspecified atom stereocenters. The van der Waals surface area contributed by atoms with Crippen molar-refractivity contribution in [3.05, 3.63) is 24.3 Å². The summed E-state index contributed by atoms with van der Waals surface area (Å²) in [5.74, 6) is 0. The molecule has 0 fully saturated rings. The van der Waals surface area contributed by atoms with Crippen molar-refractivity contribution in [3.8, 4) is 0 Å². The molecular formula is C10H16ClNS. The highest BCUT2D eigenvalue weighted by Gasteiger charge is 2.09. The first kappa shape index (κ1) is 10.7. The van der Waals surface area contributed by atoms with E-state index in [4.69, 9.17) is 10.7 Å². The Hall–Kier alpha value is -0.340. The number of benzene rings is 1. The third kappa shape index (κ3) is 2.82. The van der Waals surface area contributed by atoms with Crippen molar-refractivity contribution in [3.63, 3.8) is 0 Å². The van der Waals surface area contributed by atoms with E-state index in [2.05, 4.69) is 41.7 Å². The second-order valence-corrected chi connectivity index (χ2v) is 8.78. The Balaban J connectivity index is 2.94. The highest BCUT2D eigenvalue weighted by molar-refractivity contribution is 8.50. The normalized spacial score (nSPS) is 12.7. The molecule has 0 bridgehead atoms. The van der Waals surface area contributed by atoms with Crippen LogP contribution in [-0.4, -0.2) is 26.6 Å². The van der Waals surface area contributed by atoms with Crippen molar-refractivity contribution < 1.29 is 0 Å². The first-order chi connectivity index (χ1) is 5.91. The van der Waals surface area contributed by atoms with Crippen molar-refractivity contribution >= 4 is 25.6 Å². The Morgan fingerprint density at radius 2 is 1.54 bits per heavy atom. The summed E-state index contributed by atoms with van der Waals surface area (Å²) in [6.07, 6.45) is 4.17. The van der Waals surface area contributed by atoms with E-state index in [9.17, 15) is 0 Å². The zero-order valence-electron chi connectivity index (χ0n) is 8.54. The minimum atomic E-state index is -1.09. The van der Waals surface area contributed by atoms with Gasteiger partial charge < -0.3 is 4.90 Å². The molecule has 3 heteroatoms. The number of anilines is 1. The summed E-state index contributed by atoms with van der Waals surface area (Å²) >= 11 is 0. The maximum atomic E-state index is 6.26. The summed E-state index contributed by atoms with van der Waals surface area (Å²) in [5, 5.41) is 0. The fourth-order valence-corrected chi connectivity index (χ4v) is 2.16. The zero-order chi connectivity index (χ0) is 10.1. The molecule has 0 aliphatic rings. The van der Waals surface area contributed by atoms with E-state index in [1.165, 1.54) is 10.6 Å². The van der Waals surface area contributed by atoms with Gasteiger partial charge >= 0.3 is 0 Å². The Labute approximate surface area is 86.5 Å². The molecule has 0 aliphatic carbocycles. The second-order valence-electron chi connectivity index (χ2n) is 3.59. The van der Waals surface area contributed by atoms with Gasteiger partial charge in [0.15, 0.2) is 0 Å². The van der Waals surface area contributed by atoms with Crippen molar-refractivity contribution in [2.45, 2.75) is 4.90 Å². The molecule has 0 N–H and O–H groups in total. The van der Waals surface area contributed by atoms with E-state index >= 15 is 0 Å². The van der Waals surface area contributed by atoms with Crippen LogP contribution < -0.4 is 4.90 Å². The number of nitrogens with zero attached hydrogens (tertiary/aromatic N) is 1. The lowest BCUT2D eigenvalue weighted by molar-refractivity contribution is 1.13. The van der Waals surface area contributed by atoms with Crippen molar-refractivity contribution in [1.29, 1.82) is 0 Å². The van der Waals surface area contributed by atoms with Crippen molar-refractivity contribution in [2.24, 2.45) is 0 Å². The van der Waals surface area contributed by atoms with Gasteiger partial charge in [0.05, 0.1) is 0 Å². The zero-order valence-corrected chi connectivity index (χ0v) is 10.1. The predicted molar refractivity (Wildman–Crippen MR) is 64.3 cm³/mol. The third-order valence-corrected chi connectivity index (χ3v) is 3.84. The molecule has 0 aromatic heterocycles. The van der Waals surface area contributed by atoms with E-state index in [1.807, 2.05) is 14.1 Å². The van der Waals surface area contributed by atoms with Gasteiger partial charge in [0, 0.05) is 24.7 Å². The first-order valence-corrected chi connectivity index (χ1v) is 7.39. The average molecular weight is 218 g/mol. The lowest BCUT2D eigenvalue weighted by atomic mass is 10.3. The molecule has 74 valence electrons. The van der Waals surface area contributed by atoms with Gasteiger partial charge in [0.25, 0.3) is 0 Å². The highest BCUT2D eigenvalue weighted by atomic mass is 35.7. The molecule has 13 heavy (non-hydrogen) atoms. The van der Waals surface area contributed by atoms with Crippen LogP contribution in [0.2, 0.25) is 0 Å². The van der Waals surface area contributed by atoms with Crippen LogP contribution >= 0.6 is 19.9 Å². The van der Waals surface area contributed by atoms with Crippen LogP contribution in [-0.2, 0) is 0 Å². The van der Waals surface area contributed by atoms with Crippen LogP contribution in [0.5, 0.6) is 0 Å². The van der Waals surface area contributed by atoms with Gasteiger partial charge in [-0.1, -0.05) is 10.7 Å². The number of hydrogen-bond acceptors (Lipinski definition) is 1. The van der Waals surface area contributed by atoms with Crippen LogP contribution in [0.4, 0.5) is 5.69 Å². The molecule has 0 heterocycles. The smallest absolute Gasteiger partial charge is 0.0361 e. The Kier molecular flexibility index (Phi) is 3.14. The summed E-state index contributed by atoms with van der Waals surface area (Å²) < 4.78 is 0. The van der Waals surface area contributed by atoms with Gasteiger partial charge in [-0.2, -0.15) is 0 Å². The second kappa shape index (κ2) is 3.81. The maximum Gasteiger partial charge on any atom is 0.0361 e. The summed E-state index contributed by atoms with van der Waals surface area (Å²) in [4.78, 5) is 3.32. The molecule has 0 atom stereocenters. The number of hydrogen-bond donors (Lipinski definition) is 0. The van der Waals surface area contributed by atoms with Crippen LogP contribution in [0.25, 0.3) is 0 Å². The molecule has 0 saturated heterocycles. The van der Waals surface area contributed by atoms with E-state index < -0.39 is 9.24 Å². The van der Waals surface area contributed by atoms with Gasteiger partial charge in [-0.3, -0.25) is 0 Å². The molecule has 0 saturated carbocycles. The Bertz CT molecular complexity index is 274. The summed E-state index contributed by atoms with van der Waals surface area (Å²) in [5.41, 5.74) is 1.21. The topological polar surface area (TPSA) is 3.24 Å². The van der Waals surface area contributed by atoms with Crippen LogP contribution in [0.3, 0.4) is 0 Å². The third-order valence-electron chi connectivity index (χ3n) is 1.91. The van der Waals surface area contributed by atoms with Gasteiger partial charge in [-0.25, -0.2) is 0 Å². The van der Waals surface area contributed by atoms with E-state index in [1.54, 1.807) is 0 Å². The lowest BCUT2D eigenvalue weighted by Crippen LogP contribution is -2.08. The monoisotopic (exact) mass is 217 g/mol. The Morgan fingerprint density at radius 1 is 1.08 bits per heavy atom. The van der Waals surface area contributed by atoms with Gasteiger partial charge in [-0.05, 0) is 36.8 Å². The average Bonchev–Trinajstić information content (AvgIpc) is 2.03. The van der Waals surface area contributed by atoms with Gasteiger partial charge in [-0.15, -0.1) is 9.24 Å². The predicted octanol–water partition coefficient (Wildman–Crippen LogP) is 3.33. The fourth-order valence-electron chi connectivity index (χ4n) is 1.07. The molecular weight excluding hydrogens is 202 g/mol. The van der Waals surface area contributed by atoms with Crippen molar-refractivity contribution in [1.82, 2.24) is 0 Å². The van der Waals surface area contributed by atoms with E-state index in [0.29, 0.717) is 0 Å². The van der Waals surface area contributed by atoms with E-state index in [-0.39, 0.29) is 0 Å². The lowest BCUT2D eigenvalue weighted by Gasteiger charge is -2.23. The minimum Gasteiger partial charge on any atom is -0.378 e. The summed E-state index contributed by atoms with van der Waals surface area (Å²) in [6, 6.07) is 8.42. The van der Waals surface area contributed by atoms with Gasteiger partial charge in [0.2, 0.25) is 0 Å². The molecule has 1 rings (SSSR count). The van der Waals surface area contributed by atoms with Crippen LogP contribution in [0.1, 0.15) is 0 Å². The maximum absolute atomic E-state index is 6.26. The minimum absolute atomic E-state index is 1.09.